The first-order chi connectivity index (χ1) is 16.1. The summed E-state index contributed by atoms with van der Waals surface area (Å²) in [6.07, 6.45) is 0. The van der Waals surface area contributed by atoms with Gasteiger partial charge in [-0.15, -0.1) is 0 Å². The van der Waals surface area contributed by atoms with Crippen molar-refractivity contribution in [2.75, 3.05) is 17.7 Å². The van der Waals surface area contributed by atoms with Gasteiger partial charge >= 0.3 is 5.97 Å². The van der Waals surface area contributed by atoms with Gasteiger partial charge in [-0.25, -0.2) is 9.78 Å². The van der Waals surface area contributed by atoms with Crippen LogP contribution in [0.1, 0.15) is 17.3 Å². The summed E-state index contributed by atoms with van der Waals surface area (Å²) in [6, 6.07) is 26.6. The molecule has 0 aliphatic carbocycles. The van der Waals surface area contributed by atoms with E-state index in [-0.39, 0.29) is 17.6 Å². The van der Waals surface area contributed by atoms with Crippen LogP contribution in [0.15, 0.2) is 90.1 Å². The Hall–Kier alpha value is -3.84. The second-order valence-electron chi connectivity index (χ2n) is 7.13. The first-order valence-corrected chi connectivity index (χ1v) is 11.5. The minimum atomic E-state index is -0.382. The van der Waals surface area contributed by atoms with Gasteiger partial charge in [0.2, 0.25) is 5.91 Å². The molecule has 6 nitrogen and oxygen atoms in total. The van der Waals surface area contributed by atoms with Gasteiger partial charge < -0.3 is 15.0 Å². The van der Waals surface area contributed by atoms with Crippen molar-refractivity contribution in [2.45, 2.75) is 12.1 Å². The van der Waals surface area contributed by atoms with Crippen LogP contribution in [0.25, 0.3) is 22.5 Å². The summed E-state index contributed by atoms with van der Waals surface area (Å²) >= 11 is 1.33. The zero-order chi connectivity index (χ0) is 23.0. The molecule has 0 radical (unpaired) electrons. The molecule has 0 saturated heterocycles. The van der Waals surface area contributed by atoms with Gasteiger partial charge in [-0.2, -0.15) is 0 Å². The zero-order valence-electron chi connectivity index (χ0n) is 18.1. The zero-order valence-corrected chi connectivity index (χ0v) is 18.9. The number of anilines is 1. The van der Waals surface area contributed by atoms with E-state index in [4.69, 9.17) is 9.72 Å². The molecule has 0 aliphatic heterocycles. The van der Waals surface area contributed by atoms with E-state index in [1.807, 2.05) is 60.7 Å². The van der Waals surface area contributed by atoms with Crippen molar-refractivity contribution in [1.29, 1.82) is 0 Å². The molecule has 0 aliphatic rings. The second kappa shape index (κ2) is 10.7. The van der Waals surface area contributed by atoms with Crippen LogP contribution in [0.5, 0.6) is 0 Å². The number of imidazole rings is 1. The molecule has 0 fully saturated rings. The van der Waals surface area contributed by atoms with E-state index in [1.54, 1.807) is 31.2 Å². The van der Waals surface area contributed by atoms with Gasteiger partial charge in [-0.3, -0.25) is 4.79 Å². The largest absolute Gasteiger partial charge is 0.462 e. The summed E-state index contributed by atoms with van der Waals surface area (Å²) in [5.41, 5.74) is 4.86. The number of esters is 1. The van der Waals surface area contributed by atoms with Crippen LogP contribution in [0.3, 0.4) is 0 Å². The summed E-state index contributed by atoms with van der Waals surface area (Å²) in [5.74, 6) is -0.356. The number of aromatic nitrogens is 2. The van der Waals surface area contributed by atoms with Crippen LogP contribution in [0.4, 0.5) is 5.69 Å². The van der Waals surface area contributed by atoms with Gasteiger partial charge in [0, 0.05) is 16.8 Å². The van der Waals surface area contributed by atoms with Gasteiger partial charge in [0.05, 0.1) is 29.3 Å². The Balaban J connectivity index is 1.44. The fourth-order valence-electron chi connectivity index (χ4n) is 3.27. The highest BCUT2D eigenvalue weighted by Crippen LogP contribution is 2.32. The van der Waals surface area contributed by atoms with E-state index < -0.39 is 0 Å². The minimum absolute atomic E-state index is 0.164. The van der Waals surface area contributed by atoms with Crippen LogP contribution in [0, 0.1) is 0 Å². The molecular weight excluding hydrogens is 434 g/mol. The van der Waals surface area contributed by atoms with E-state index >= 15 is 0 Å². The smallest absolute Gasteiger partial charge is 0.338 e. The molecule has 33 heavy (non-hydrogen) atoms. The highest BCUT2D eigenvalue weighted by molar-refractivity contribution is 7.99. The maximum atomic E-state index is 12.5. The Labute approximate surface area is 196 Å². The molecule has 0 saturated carbocycles. The summed E-state index contributed by atoms with van der Waals surface area (Å²) in [4.78, 5) is 32.4. The highest BCUT2D eigenvalue weighted by Gasteiger charge is 2.15. The van der Waals surface area contributed by atoms with Gasteiger partial charge in [0.25, 0.3) is 0 Å². The second-order valence-corrected chi connectivity index (χ2v) is 8.10. The predicted molar refractivity (Wildman–Crippen MR) is 131 cm³/mol. The molecule has 2 N–H and O–H groups in total. The summed E-state index contributed by atoms with van der Waals surface area (Å²) < 4.78 is 4.97. The van der Waals surface area contributed by atoms with Gasteiger partial charge in [-0.1, -0.05) is 72.4 Å². The average molecular weight is 458 g/mol. The lowest BCUT2D eigenvalue weighted by molar-refractivity contribution is -0.113. The minimum Gasteiger partial charge on any atom is -0.462 e. The number of ether oxygens (including phenoxy) is 1. The van der Waals surface area contributed by atoms with Crippen molar-refractivity contribution in [3.05, 3.63) is 90.5 Å². The third kappa shape index (κ3) is 5.70. The van der Waals surface area contributed by atoms with Crippen LogP contribution in [-0.4, -0.2) is 34.2 Å². The number of nitrogens with one attached hydrogen (secondary N) is 2. The number of hydrogen-bond acceptors (Lipinski definition) is 5. The Morgan fingerprint density at radius 3 is 2.18 bits per heavy atom. The topological polar surface area (TPSA) is 84.1 Å². The quantitative estimate of drug-likeness (QED) is 0.264. The summed E-state index contributed by atoms with van der Waals surface area (Å²) in [6.45, 7) is 2.08. The van der Waals surface area contributed by atoms with E-state index in [0.29, 0.717) is 23.0 Å². The average Bonchev–Trinajstić information content (AvgIpc) is 3.29. The Morgan fingerprint density at radius 1 is 0.909 bits per heavy atom. The van der Waals surface area contributed by atoms with Gasteiger partial charge in [0.1, 0.15) is 0 Å². The standard InChI is InChI=1S/C26H23N3O3S/c1-2-32-25(31)20-13-15-21(16-14-20)27-22(30)17-33-26-28-23(18-9-5-3-6-10-18)24(29-26)19-11-7-4-8-12-19/h3-16H,2,17H2,1H3,(H,27,30)(H,28,29). The van der Waals surface area contributed by atoms with Crippen LogP contribution >= 0.6 is 11.8 Å². The number of benzene rings is 3. The SMILES string of the molecule is CCOC(=O)c1ccc(NC(=O)CSc2nc(-c3ccccc3)c(-c3ccccc3)[nH]2)cc1. The monoisotopic (exact) mass is 457 g/mol. The number of carbonyl (C=O) groups is 2. The summed E-state index contributed by atoms with van der Waals surface area (Å²) in [5, 5.41) is 3.51. The number of carbonyl (C=O) groups excluding carboxylic acids is 2. The molecule has 4 rings (SSSR count). The Kier molecular flexibility index (Phi) is 7.22. The lowest BCUT2D eigenvalue weighted by Crippen LogP contribution is -2.14. The number of amides is 1. The molecule has 1 amide bonds. The van der Waals surface area contributed by atoms with Crippen LogP contribution in [-0.2, 0) is 9.53 Å². The van der Waals surface area contributed by atoms with Gasteiger partial charge in [-0.05, 0) is 31.2 Å². The fraction of sp³-hybridized carbons (Fsp3) is 0.115. The molecule has 1 heterocycles. The summed E-state index contributed by atoms with van der Waals surface area (Å²) in [7, 11) is 0. The number of hydrogen-bond donors (Lipinski definition) is 2. The van der Waals surface area contributed by atoms with Crippen LogP contribution in [0.2, 0.25) is 0 Å². The number of nitrogens with zero attached hydrogens (tertiary/aromatic N) is 1. The number of thioether (sulfide) groups is 1. The highest BCUT2D eigenvalue weighted by atomic mass is 32.2. The molecule has 0 unspecified atom stereocenters. The first-order valence-electron chi connectivity index (χ1n) is 10.5. The molecule has 7 heteroatoms. The van der Waals surface area contributed by atoms with Crippen molar-refractivity contribution in [2.24, 2.45) is 0 Å². The molecule has 1 aromatic heterocycles. The molecule has 4 aromatic rings. The molecule has 0 atom stereocenters. The van der Waals surface area contributed by atoms with Crippen molar-refractivity contribution in [1.82, 2.24) is 9.97 Å². The molecular formula is C26H23N3O3S. The third-order valence-electron chi connectivity index (χ3n) is 4.81. The van der Waals surface area contributed by atoms with Crippen molar-refractivity contribution >= 4 is 29.3 Å². The molecule has 0 spiro atoms. The molecule has 166 valence electrons. The Bertz CT molecular complexity index is 1170. The van der Waals surface area contributed by atoms with Crippen molar-refractivity contribution < 1.29 is 14.3 Å². The van der Waals surface area contributed by atoms with Gasteiger partial charge in [0.15, 0.2) is 5.16 Å². The third-order valence-corrected chi connectivity index (χ3v) is 5.68. The van der Waals surface area contributed by atoms with E-state index in [0.717, 1.165) is 22.5 Å². The maximum Gasteiger partial charge on any atom is 0.338 e. The molecule has 3 aromatic carbocycles. The number of H-pyrrole nitrogens is 1. The molecule has 0 bridgehead atoms. The van der Waals surface area contributed by atoms with E-state index in [1.165, 1.54) is 11.8 Å². The van der Waals surface area contributed by atoms with Crippen molar-refractivity contribution in [3.8, 4) is 22.5 Å². The number of rotatable bonds is 8. The normalized spacial score (nSPS) is 10.6. The maximum absolute atomic E-state index is 12.5. The Morgan fingerprint density at radius 2 is 1.55 bits per heavy atom. The first kappa shape index (κ1) is 22.4. The van der Waals surface area contributed by atoms with Crippen molar-refractivity contribution in [3.63, 3.8) is 0 Å². The lowest BCUT2D eigenvalue weighted by atomic mass is 10.1. The predicted octanol–water partition coefficient (Wildman–Crippen LogP) is 5.65. The lowest BCUT2D eigenvalue weighted by Gasteiger charge is -2.06. The van der Waals surface area contributed by atoms with E-state index in [9.17, 15) is 9.59 Å². The number of aromatic amines is 1. The van der Waals surface area contributed by atoms with Crippen LogP contribution < -0.4 is 5.32 Å². The van der Waals surface area contributed by atoms with E-state index in [2.05, 4.69) is 10.3 Å². The fourth-order valence-corrected chi connectivity index (χ4v) is 3.94.